The van der Waals surface area contributed by atoms with Crippen molar-refractivity contribution in [3.63, 3.8) is 0 Å². The number of nitrogens with one attached hydrogen (secondary N) is 1. The minimum absolute atomic E-state index is 0.116. The van der Waals surface area contributed by atoms with Crippen molar-refractivity contribution >= 4 is 22.6 Å². The molecule has 4 nitrogen and oxygen atoms in total. The standard InChI is InChI=1S/C27H24N2O2/c30-26(15-14-19-12-13-19)29-18-22-8-2-1-7-21(22)16-23(29)17-28-27(31)25-11-5-9-20-6-3-4-10-24(20)25/h1-11,19,23H,12-13,16-18H2,(H,28,31). The summed E-state index contributed by atoms with van der Waals surface area (Å²) in [5, 5.41) is 5.04. The van der Waals surface area contributed by atoms with Gasteiger partial charge in [-0.2, -0.15) is 0 Å². The Balaban J connectivity index is 1.36. The summed E-state index contributed by atoms with van der Waals surface area (Å²) in [6.45, 7) is 0.927. The third-order valence-corrected chi connectivity index (χ3v) is 6.11. The number of benzene rings is 3. The third-order valence-electron chi connectivity index (χ3n) is 6.11. The summed E-state index contributed by atoms with van der Waals surface area (Å²) in [7, 11) is 0. The highest BCUT2D eigenvalue weighted by Gasteiger charge is 2.30. The van der Waals surface area contributed by atoms with Crippen LogP contribution in [0, 0.1) is 17.8 Å². The summed E-state index contributed by atoms with van der Waals surface area (Å²) in [4.78, 5) is 27.7. The molecular formula is C27H24N2O2. The highest BCUT2D eigenvalue weighted by Crippen LogP contribution is 2.28. The van der Waals surface area contributed by atoms with Crippen molar-refractivity contribution in [1.82, 2.24) is 10.2 Å². The van der Waals surface area contributed by atoms with Crippen LogP contribution < -0.4 is 5.32 Å². The zero-order valence-corrected chi connectivity index (χ0v) is 17.3. The maximum atomic E-state index is 13.0. The molecule has 1 N–H and O–H groups in total. The molecule has 1 unspecified atom stereocenters. The fraction of sp³-hybridized carbons (Fsp3) is 0.259. The second kappa shape index (κ2) is 8.28. The number of nitrogens with zero attached hydrogens (tertiary/aromatic N) is 1. The Kier molecular flexibility index (Phi) is 5.18. The molecule has 2 aliphatic rings. The van der Waals surface area contributed by atoms with Gasteiger partial charge in [-0.1, -0.05) is 66.6 Å². The lowest BCUT2D eigenvalue weighted by atomic mass is 9.93. The van der Waals surface area contributed by atoms with Crippen molar-refractivity contribution in [2.24, 2.45) is 5.92 Å². The van der Waals surface area contributed by atoms with Crippen molar-refractivity contribution in [1.29, 1.82) is 0 Å². The van der Waals surface area contributed by atoms with E-state index in [-0.39, 0.29) is 17.9 Å². The average Bonchev–Trinajstić information content (AvgIpc) is 3.64. The maximum Gasteiger partial charge on any atom is 0.299 e. The maximum absolute atomic E-state index is 13.0. The van der Waals surface area contributed by atoms with Gasteiger partial charge in [0.1, 0.15) is 0 Å². The van der Waals surface area contributed by atoms with Gasteiger partial charge in [0.25, 0.3) is 11.8 Å². The van der Waals surface area contributed by atoms with E-state index in [0.29, 0.717) is 31.0 Å². The fourth-order valence-corrected chi connectivity index (χ4v) is 4.20. The normalized spacial score (nSPS) is 17.4. The lowest BCUT2D eigenvalue weighted by molar-refractivity contribution is -0.128. The van der Waals surface area contributed by atoms with Crippen molar-refractivity contribution in [2.45, 2.75) is 31.8 Å². The van der Waals surface area contributed by atoms with Gasteiger partial charge in [-0.15, -0.1) is 0 Å². The molecule has 1 aliphatic carbocycles. The summed E-state index contributed by atoms with van der Waals surface area (Å²) in [5.41, 5.74) is 3.03. The Morgan fingerprint density at radius 2 is 1.68 bits per heavy atom. The first-order valence-electron chi connectivity index (χ1n) is 10.8. The molecular weight excluding hydrogens is 384 g/mol. The van der Waals surface area contributed by atoms with Gasteiger partial charge in [-0.05, 0) is 53.1 Å². The van der Waals surface area contributed by atoms with Crippen LogP contribution >= 0.6 is 0 Å². The number of amides is 2. The van der Waals surface area contributed by atoms with Gasteiger partial charge in [0.2, 0.25) is 0 Å². The van der Waals surface area contributed by atoms with E-state index in [9.17, 15) is 9.59 Å². The third kappa shape index (κ3) is 4.18. The summed E-state index contributed by atoms with van der Waals surface area (Å²) in [6, 6.07) is 21.7. The molecule has 31 heavy (non-hydrogen) atoms. The average molecular weight is 409 g/mol. The first-order chi connectivity index (χ1) is 15.2. The van der Waals surface area contributed by atoms with Crippen LogP contribution in [0.4, 0.5) is 0 Å². The molecule has 3 aromatic carbocycles. The Hall–Kier alpha value is -3.58. The van der Waals surface area contributed by atoms with Gasteiger partial charge < -0.3 is 10.2 Å². The largest absolute Gasteiger partial charge is 0.350 e. The molecule has 1 aliphatic heterocycles. The zero-order valence-electron chi connectivity index (χ0n) is 17.3. The molecule has 4 heteroatoms. The summed E-state index contributed by atoms with van der Waals surface area (Å²) in [5.74, 6) is 6.04. The van der Waals surface area contributed by atoms with Crippen LogP contribution in [0.1, 0.15) is 34.3 Å². The molecule has 154 valence electrons. The van der Waals surface area contributed by atoms with Gasteiger partial charge in [0.05, 0.1) is 6.04 Å². The van der Waals surface area contributed by atoms with Crippen LogP contribution in [-0.2, 0) is 17.8 Å². The van der Waals surface area contributed by atoms with Crippen LogP contribution in [0.25, 0.3) is 10.8 Å². The predicted molar refractivity (Wildman–Crippen MR) is 121 cm³/mol. The first kappa shape index (κ1) is 19.4. The topological polar surface area (TPSA) is 49.4 Å². The molecule has 0 aromatic heterocycles. The number of hydrogen-bond donors (Lipinski definition) is 1. The van der Waals surface area contributed by atoms with Gasteiger partial charge >= 0.3 is 0 Å². The summed E-state index contributed by atoms with van der Waals surface area (Å²) >= 11 is 0. The van der Waals surface area contributed by atoms with Crippen molar-refractivity contribution in [2.75, 3.05) is 6.54 Å². The van der Waals surface area contributed by atoms with E-state index in [1.54, 1.807) is 0 Å². The molecule has 0 bridgehead atoms. The van der Waals surface area contributed by atoms with Crippen LogP contribution in [0.2, 0.25) is 0 Å². The molecule has 1 fully saturated rings. The van der Waals surface area contributed by atoms with Gasteiger partial charge in [-0.3, -0.25) is 9.59 Å². The van der Waals surface area contributed by atoms with Crippen LogP contribution in [-0.4, -0.2) is 29.3 Å². The molecule has 3 aromatic rings. The second-order valence-corrected chi connectivity index (χ2v) is 8.34. The fourth-order valence-electron chi connectivity index (χ4n) is 4.20. The van der Waals surface area contributed by atoms with Gasteiger partial charge in [0, 0.05) is 24.6 Å². The van der Waals surface area contributed by atoms with E-state index in [0.717, 1.165) is 29.2 Å². The van der Waals surface area contributed by atoms with Crippen LogP contribution in [0.3, 0.4) is 0 Å². The van der Waals surface area contributed by atoms with E-state index >= 15 is 0 Å². The molecule has 0 radical (unpaired) electrons. The highest BCUT2D eigenvalue weighted by molar-refractivity contribution is 6.07. The molecule has 5 rings (SSSR count). The monoisotopic (exact) mass is 408 g/mol. The summed E-state index contributed by atoms with van der Waals surface area (Å²) in [6.07, 6.45) is 2.89. The minimum atomic E-state index is -0.147. The Labute approximate surface area is 182 Å². The van der Waals surface area contributed by atoms with E-state index in [1.165, 1.54) is 5.56 Å². The number of rotatable bonds is 3. The van der Waals surface area contributed by atoms with Crippen molar-refractivity contribution < 1.29 is 9.59 Å². The van der Waals surface area contributed by atoms with Crippen molar-refractivity contribution in [3.8, 4) is 11.8 Å². The molecule has 0 saturated heterocycles. The molecule has 1 atom stereocenters. The van der Waals surface area contributed by atoms with E-state index in [1.807, 2.05) is 59.5 Å². The van der Waals surface area contributed by atoms with Crippen LogP contribution in [0.5, 0.6) is 0 Å². The highest BCUT2D eigenvalue weighted by atomic mass is 16.2. The lowest BCUT2D eigenvalue weighted by Crippen LogP contribution is -2.49. The second-order valence-electron chi connectivity index (χ2n) is 8.34. The number of hydrogen-bond acceptors (Lipinski definition) is 2. The molecule has 1 saturated carbocycles. The number of carbonyl (C=O) groups is 2. The lowest BCUT2D eigenvalue weighted by Gasteiger charge is -2.36. The Morgan fingerprint density at radius 3 is 2.52 bits per heavy atom. The van der Waals surface area contributed by atoms with Crippen LogP contribution in [0.15, 0.2) is 66.7 Å². The van der Waals surface area contributed by atoms with Gasteiger partial charge in [0.15, 0.2) is 0 Å². The van der Waals surface area contributed by atoms with Crippen molar-refractivity contribution in [3.05, 3.63) is 83.4 Å². The first-order valence-corrected chi connectivity index (χ1v) is 10.8. The predicted octanol–water partition coefficient (Wildman–Crippen LogP) is 3.94. The van der Waals surface area contributed by atoms with E-state index < -0.39 is 0 Å². The van der Waals surface area contributed by atoms with E-state index in [4.69, 9.17) is 0 Å². The SMILES string of the molecule is O=C(NCC1Cc2ccccc2CN1C(=O)C#CC1CC1)c1cccc2ccccc12. The minimum Gasteiger partial charge on any atom is -0.350 e. The molecule has 2 amide bonds. The molecule has 1 heterocycles. The molecule has 0 spiro atoms. The Bertz CT molecular complexity index is 1210. The van der Waals surface area contributed by atoms with E-state index in [2.05, 4.69) is 29.3 Å². The smallest absolute Gasteiger partial charge is 0.299 e. The number of fused-ring (bicyclic) bond motifs is 2. The Morgan fingerprint density at radius 1 is 0.935 bits per heavy atom. The summed E-state index contributed by atoms with van der Waals surface area (Å²) < 4.78 is 0. The zero-order chi connectivity index (χ0) is 21.2. The van der Waals surface area contributed by atoms with Gasteiger partial charge in [-0.25, -0.2) is 0 Å². The quantitative estimate of drug-likeness (QED) is 0.668. The number of carbonyl (C=O) groups excluding carboxylic acids is 2.